The van der Waals surface area contributed by atoms with Gasteiger partial charge in [0.15, 0.2) is 11.6 Å². The van der Waals surface area contributed by atoms with Crippen molar-refractivity contribution in [2.24, 2.45) is 0 Å². The first kappa shape index (κ1) is 18.0. The number of aromatic hydroxyl groups is 2. The quantitative estimate of drug-likeness (QED) is 0.406. The van der Waals surface area contributed by atoms with E-state index in [-0.39, 0.29) is 22.6 Å². The summed E-state index contributed by atoms with van der Waals surface area (Å²) in [4.78, 5) is 21.5. The fourth-order valence-electron chi connectivity index (χ4n) is 2.24. The van der Waals surface area contributed by atoms with E-state index in [1.54, 1.807) is 0 Å². The average molecular weight is 378 g/mol. The predicted octanol–water partition coefficient (Wildman–Crippen LogP) is 3.54. The second-order valence-corrected chi connectivity index (χ2v) is 5.32. The van der Waals surface area contributed by atoms with Crippen LogP contribution in [-0.4, -0.2) is 30.1 Å². The molecule has 8 nitrogen and oxygen atoms in total. The Hall–Kier alpha value is -3.76. The van der Waals surface area contributed by atoms with Crippen LogP contribution in [-0.2, 0) is 6.18 Å². The van der Waals surface area contributed by atoms with Gasteiger partial charge in [0.25, 0.3) is 0 Å². The molecule has 0 saturated carbocycles. The first-order chi connectivity index (χ1) is 12.7. The normalized spacial score (nSPS) is 11.4. The number of benzene rings is 1. The van der Waals surface area contributed by atoms with Crippen molar-refractivity contribution in [3.8, 4) is 34.1 Å². The Balaban J connectivity index is 2.03. The summed E-state index contributed by atoms with van der Waals surface area (Å²) in [7, 11) is 0. The Morgan fingerprint density at radius 2 is 1.78 bits per heavy atom. The smallest absolute Gasteiger partial charge is 0.433 e. The standard InChI is InChI=1S/C16H9F3N4O4/c17-16(18,19)13-2-1-8(7-21-13)15-20-4-3-10(22-15)9-5-11(23(26)27)14(25)12(24)6-9/h1-7,24-25H. The molecule has 11 heteroatoms. The van der Waals surface area contributed by atoms with E-state index in [1.807, 2.05) is 0 Å². The number of pyridine rings is 1. The fraction of sp³-hybridized carbons (Fsp3) is 0.0625. The highest BCUT2D eigenvalue weighted by Crippen LogP contribution is 2.39. The summed E-state index contributed by atoms with van der Waals surface area (Å²) in [6.07, 6.45) is -2.33. The molecule has 0 aliphatic heterocycles. The predicted molar refractivity (Wildman–Crippen MR) is 85.7 cm³/mol. The number of alkyl halides is 3. The van der Waals surface area contributed by atoms with Gasteiger partial charge >= 0.3 is 11.9 Å². The van der Waals surface area contributed by atoms with Crippen LogP contribution >= 0.6 is 0 Å². The molecule has 2 aromatic heterocycles. The number of phenolic OH excluding ortho intramolecular Hbond substituents is 2. The third-order valence-electron chi connectivity index (χ3n) is 3.53. The molecule has 0 aliphatic carbocycles. The summed E-state index contributed by atoms with van der Waals surface area (Å²) in [6.45, 7) is 0. The van der Waals surface area contributed by atoms with Gasteiger partial charge in [-0.25, -0.2) is 9.97 Å². The molecular weight excluding hydrogens is 369 g/mol. The van der Waals surface area contributed by atoms with Crippen LogP contribution in [0.25, 0.3) is 22.6 Å². The number of hydrogen-bond acceptors (Lipinski definition) is 7. The molecule has 0 radical (unpaired) electrons. The zero-order valence-electron chi connectivity index (χ0n) is 13.2. The zero-order valence-corrected chi connectivity index (χ0v) is 13.2. The van der Waals surface area contributed by atoms with Gasteiger partial charge in [0.2, 0.25) is 5.75 Å². The lowest BCUT2D eigenvalue weighted by Crippen LogP contribution is -2.07. The van der Waals surface area contributed by atoms with Crippen LogP contribution < -0.4 is 0 Å². The Morgan fingerprint density at radius 3 is 2.37 bits per heavy atom. The summed E-state index contributed by atoms with van der Waals surface area (Å²) < 4.78 is 37.8. The summed E-state index contributed by atoms with van der Waals surface area (Å²) in [6, 6.07) is 5.39. The molecule has 0 bridgehead atoms. The number of aromatic nitrogens is 3. The molecule has 0 atom stereocenters. The highest BCUT2D eigenvalue weighted by Gasteiger charge is 2.32. The average Bonchev–Trinajstić information content (AvgIpc) is 2.63. The molecular formula is C16H9F3N4O4. The maximum Gasteiger partial charge on any atom is 0.433 e. The molecule has 0 fully saturated rings. The van der Waals surface area contributed by atoms with Crippen molar-refractivity contribution in [1.29, 1.82) is 0 Å². The maximum atomic E-state index is 12.6. The van der Waals surface area contributed by atoms with Gasteiger partial charge in [-0.15, -0.1) is 0 Å². The fourth-order valence-corrected chi connectivity index (χ4v) is 2.24. The third-order valence-corrected chi connectivity index (χ3v) is 3.53. The van der Waals surface area contributed by atoms with E-state index in [0.717, 1.165) is 30.5 Å². The molecule has 138 valence electrons. The summed E-state index contributed by atoms with van der Waals surface area (Å²) >= 11 is 0. The van der Waals surface area contributed by atoms with Crippen LogP contribution in [0.2, 0.25) is 0 Å². The highest BCUT2D eigenvalue weighted by molar-refractivity contribution is 5.71. The van der Waals surface area contributed by atoms with Crippen molar-refractivity contribution in [2.45, 2.75) is 6.18 Å². The monoisotopic (exact) mass is 378 g/mol. The van der Waals surface area contributed by atoms with Crippen LogP contribution in [0.4, 0.5) is 18.9 Å². The van der Waals surface area contributed by atoms with Gasteiger partial charge in [0.05, 0.1) is 10.6 Å². The van der Waals surface area contributed by atoms with Gasteiger partial charge in [0, 0.05) is 29.6 Å². The molecule has 27 heavy (non-hydrogen) atoms. The third kappa shape index (κ3) is 3.61. The van der Waals surface area contributed by atoms with Crippen molar-refractivity contribution >= 4 is 5.69 Å². The minimum Gasteiger partial charge on any atom is -0.504 e. The van der Waals surface area contributed by atoms with Crippen molar-refractivity contribution in [2.75, 3.05) is 0 Å². The van der Waals surface area contributed by atoms with Crippen molar-refractivity contribution in [3.05, 3.63) is 58.5 Å². The van der Waals surface area contributed by atoms with Crippen LogP contribution in [0.1, 0.15) is 5.69 Å². The first-order valence-corrected chi connectivity index (χ1v) is 7.24. The van der Waals surface area contributed by atoms with E-state index in [9.17, 15) is 33.5 Å². The number of nitro benzene ring substituents is 1. The number of nitrogens with zero attached hydrogens (tertiary/aromatic N) is 4. The van der Waals surface area contributed by atoms with Crippen LogP contribution in [0, 0.1) is 10.1 Å². The number of nitro groups is 1. The number of hydrogen-bond donors (Lipinski definition) is 2. The van der Waals surface area contributed by atoms with E-state index < -0.39 is 34.0 Å². The van der Waals surface area contributed by atoms with E-state index in [0.29, 0.717) is 0 Å². The lowest BCUT2D eigenvalue weighted by Gasteiger charge is -2.08. The number of halogens is 3. The molecule has 2 N–H and O–H groups in total. The first-order valence-electron chi connectivity index (χ1n) is 7.24. The maximum absolute atomic E-state index is 12.6. The topological polar surface area (TPSA) is 122 Å². The Kier molecular flexibility index (Phi) is 4.35. The van der Waals surface area contributed by atoms with Crippen molar-refractivity contribution in [3.63, 3.8) is 0 Å². The second-order valence-electron chi connectivity index (χ2n) is 5.32. The van der Waals surface area contributed by atoms with Gasteiger partial charge in [-0.1, -0.05) is 0 Å². The lowest BCUT2D eigenvalue weighted by atomic mass is 10.1. The molecule has 0 spiro atoms. The SMILES string of the molecule is O=[N+]([O-])c1cc(-c2ccnc(-c3ccc(C(F)(F)F)nc3)n2)cc(O)c1O. The molecule has 3 rings (SSSR count). The van der Waals surface area contributed by atoms with Gasteiger partial charge < -0.3 is 10.2 Å². The molecule has 3 aromatic rings. The minimum atomic E-state index is -4.58. The van der Waals surface area contributed by atoms with Crippen molar-refractivity contribution in [1.82, 2.24) is 15.0 Å². The summed E-state index contributed by atoms with van der Waals surface area (Å²) in [5.74, 6) is -1.57. The van der Waals surface area contributed by atoms with E-state index in [4.69, 9.17) is 0 Å². The molecule has 1 aromatic carbocycles. The Labute approximate surface area is 148 Å². The van der Waals surface area contributed by atoms with E-state index in [2.05, 4.69) is 15.0 Å². The van der Waals surface area contributed by atoms with E-state index in [1.165, 1.54) is 12.3 Å². The van der Waals surface area contributed by atoms with Gasteiger partial charge in [-0.2, -0.15) is 13.2 Å². The lowest BCUT2D eigenvalue weighted by molar-refractivity contribution is -0.385. The second kappa shape index (κ2) is 6.52. The van der Waals surface area contributed by atoms with Crippen LogP contribution in [0.15, 0.2) is 42.7 Å². The van der Waals surface area contributed by atoms with E-state index >= 15 is 0 Å². The van der Waals surface area contributed by atoms with Crippen LogP contribution in [0.5, 0.6) is 11.5 Å². The largest absolute Gasteiger partial charge is 0.504 e. The summed E-state index contributed by atoms with van der Waals surface area (Å²) in [5, 5.41) is 30.2. The Morgan fingerprint density at radius 1 is 1.04 bits per heavy atom. The number of rotatable bonds is 3. The van der Waals surface area contributed by atoms with Crippen molar-refractivity contribution < 1.29 is 28.3 Å². The van der Waals surface area contributed by atoms with Gasteiger partial charge in [-0.05, 0) is 24.3 Å². The highest BCUT2D eigenvalue weighted by atomic mass is 19.4. The number of phenols is 2. The molecule has 0 unspecified atom stereocenters. The minimum absolute atomic E-state index is 0.0314. The van der Waals surface area contributed by atoms with Crippen LogP contribution in [0.3, 0.4) is 0 Å². The summed E-state index contributed by atoms with van der Waals surface area (Å²) in [5.41, 5.74) is -1.33. The molecule has 0 saturated heterocycles. The van der Waals surface area contributed by atoms with Gasteiger partial charge in [0.1, 0.15) is 5.69 Å². The Bertz CT molecular complexity index is 1020. The molecule has 0 aliphatic rings. The molecule has 2 heterocycles. The molecule has 0 amide bonds. The van der Waals surface area contributed by atoms with Gasteiger partial charge in [-0.3, -0.25) is 15.1 Å². The zero-order chi connectivity index (χ0) is 19.8.